The summed E-state index contributed by atoms with van der Waals surface area (Å²) in [6, 6.07) is 17.5. The molecule has 0 saturated heterocycles. The first-order valence-electron chi connectivity index (χ1n) is 6.21. The molecule has 2 aromatic carbocycles. The van der Waals surface area contributed by atoms with Crippen molar-refractivity contribution in [1.29, 1.82) is 0 Å². The molecule has 0 amide bonds. The third kappa shape index (κ3) is 2.50. The predicted molar refractivity (Wildman–Crippen MR) is 78.3 cm³/mol. The van der Waals surface area contributed by atoms with Gasteiger partial charge in [-0.15, -0.1) is 0 Å². The van der Waals surface area contributed by atoms with Crippen molar-refractivity contribution in [2.45, 2.75) is 12.5 Å². The van der Waals surface area contributed by atoms with Crippen LogP contribution < -0.4 is 5.73 Å². The number of rotatable bonds is 3. The van der Waals surface area contributed by atoms with E-state index in [1.807, 2.05) is 54.6 Å². The molecule has 0 saturated carbocycles. The summed E-state index contributed by atoms with van der Waals surface area (Å²) < 4.78 is 5.77. The zero-order valence-electron chi connectivity index (χ0n) is 10.3. The molecule has 3 heteroatoms. The van der Waals surface area contributed by atoms with Crippen LogP contribution in [-0.2, 0) is 6.42 Å². The van der Waals surface area contributed by atoms with Gasteiger partial charge in [0.2, 0.25) is 0 Å². The van der Waals surface area contributed by atoms with Gasteiger partial charge in [-0.25, -0.2) is 0 Å². The van der Waals surface area contributed by atoms with Gasteiger partial charge in [0.05, 0.1) is 6.04 Å². The van der Waals surface area contributed by atoms with Crippen molar-refractivity contribution in [3.05, 3.63) is 70.9 Å². The zero-order valence-corrected chi connectivity index (χ0v) is 11.1. The van der Waals surface area contributed by atoms with E-state index in [0.29, 0.717) is 6.42 Å². The Balaban J connectivity index is 1.87. The minimum atomic E-state index is -0.188. The zero-order chi connectivity index (χ0) is 13.2. The van der Waals surface area contributed by atoms with Crippen LogP contribution >= 0.6 is 11.6 Å². The summed E-state index contributed by atoms with van der Waals surface area (Å²) in [5, 5.41) is 1.82. The van der Waals surface area contributed by atoms with Crippen LogP contribution in [0.4, 0.5) is 0 Å². The van der Waals surface area contributed by atoms with Gasteiger partial charge in [-0.1, -0.05) is 48.0 Å². The van der Waals surface area contributed by atoms with Gasteiger partial charge in [0.25, 0.3) is 0 Å². The third-order valence-corrected chi connectivity index (χ3v) is 3.58. The molecule has 1 aromatic heterocycles. The molecule has 19 heavy (non-hydrogen) atoms. The molecule has 0 aliphatic carbocycles. The molecule has 3 aromatic rings. The fraction of sp³-hybridized carbons (Fsp3) is 0.125. The Kier molecular flexibility index (Phi) is 3.28. The molecule has 0 bridgehead atoms. The second kappa shape index (κ2) is 5.08. The predicted octanol–water partition coefficient (Wildman–Crippen LogP) is 4.33. The fourth-order valence-electron chi connectivity index (χ4n) is 2.19. The van der Waals surface area contributed by atoms with Crippen molar-refractivity contribution < 1.29 is 4.42 Å². The summed E-state index contributed by atoms with van der Waals surface area (Å²) in [4.78, 5) is 0. The van der Waals surface area contributed by atoms with Crippen LogP contribution in [0.1, 0.15) is 17.4 Å². The monoisotopic (exact) mass is 271 g/mol. The second-order valence-corrected chi connectivity index (χ2v) is 5.00. The average molecular weight is 272 g/mol. The molecular formula is C16H14ClNO. The van der Waals surface area contributed by atoms with Crippen molar-refractivity contribution in [3.8, 4) is 0 Å². The maximum absolute atomic E-state index is 6.21. The minimum absolute atomic E-state index is 0.188. The molecule has 1 atom stereocenters. The van der Waals surface area contributed by atoms with E-state index in [1.54, 1.807) is 0 Å². The Morgan fingerprint density at radius 3 is 2.58 bits per heavy atom. The lowest BCUT2D eigenvalue weighted by molar-refractivity contribution is 0.494. The Morgan fingerprint density at radius 1 is 1.05 bits per heavy atom. The molecule has 1 heterocycles. The first-order valence-corrected chi connectivity index (χ1v) is 6.59. The van der Waals surface area contributed by atoms with Crippen LogP contribution in [-0.4, -0.2) is 0 Å². The summed E-state index contributed by atoms with van der Waals surface area (Å²) in [6.45, 7) is 0. The van der Waals surface area contributed by atoms with Crippen molar-refractivity contribution in [2.24, 2.45) is 5.73 Å². The number of para-hydroxylation sites is 1. The van der Waals surface area contributed by atoms with Gasteiger partial charge in [0, 0.05) is 10.4 Å². The van der Waals surface area contributed by atoms with Crippen LogP contribution in [0.25, 0.3) is 11.0 Å². The average Bonchev–Trinajstić information content (AvgIpc) is 2.85. The quantitative estimate of drug-likeness (QED) is 0.770. The highest BCUT2D eigenvalue weighted by molar-refractivity contribution is 6.31. The number of benzene rings is 2. The SMILES string of the molecule is NC(Cc1ccccc1Cl)c1cc2ccccc2o1. The van der Waals surface area contributed by atoms with Gasteiger partial charge in [-0.05, 0) is 30.2 Å². The number of nitrogens with two attached hydrogens (primary N) is 1. The van der Waals surface area contributed by atoms with Gasteiger partial charge in [-0.3, -0.25) is 0 Å². The van der Waals surface area contributed by atoms with Crippen LogP contribution in [0.15, 0.2) is 59.0 Å². The fourth-order valence-corrected chi connectivity index (χ4v) is 2.40. The minimum Gasteiger partial charge on any atom is -0.459 e. The summed E-state index contributed by atoms with van der Waals surface area (Å²) in [6.07, 6.45) is 0.666. The van der Waals surface area contributed by atoms with E-state index in [4.69, 9.17) is 21.8 Å². The van der Waals surface area contributed by atoms with E-state index in [1.165, 1.54) is 0 Å². The lowest BCUT2D eigenvalue weighted by atomic mass is 10.0. The molecule has 2 nitrogen and oxygen atoms in total. The Morgan fingerprint density at radius 2 is 1.79 bits per heavy atom. The highest BCUT2D eigenvalue weighted by Crippen LogP contribution is 2.26. The number of furan rings is 1. The molecule has 96 valence electrons. The highest BCUT2D eigenvalue weighted by atomic mass is 35.5. The van der Waals surface area contributed by atoms with E-state index in [0.717, 1.165) is 27.3 Å². The topological polar surface area (TPSA) is 39.2 Å². The second-order valence-electron chi connectivity index (χ2n) is 4.59. The largest absolute Gasteiger partial charge is 0.459 e. The maximum Gasteiger partial charge on any atom is 0.134 e. The molecule has 0 fully saturated rings. The summed E-state index contributed by atoms with van der Waals surface area (Å²) in [5.41, 5.74) is 8.11. The molecule has 0 aliphatic rings. The molecule has 0 spiro atoms. The van der Waals surface area contributed by atoms with Crippen molar-refractivity contribution >= 4 is 22.6 Å². The number of fused-ring (bicyclic) bond motifs is 1. The van der Waals surface area contributed by atoms with Crippen LogP contribution in [0.2, 0.25) is 5.02 Å². The summed E-state index contributed by atoms with van der Waals surface area (Å²) in [7, 11) is 0. The van der Waals surface area contributed by atoms with Gasteiger partial charge in [0.1, 0.15) is 11.3 Å². The van der Waals surface area contributed by atoms with Crippen LogP contribution in [0.3, 0.4) is 0 Å². The molecule has 0 aliphatic heterocycles. The first kappa shape index (κ1) is 12.3. The lowest BCUT2D eigenvalue weighted by Gasteiger charge is -2.09. The van der Waals surface area contributed by atoms with Crippen molar-refractivity contribution in [2.75, 3.05) is 0 Å². The normalized spacial score (nSPS) is 12.7. The van der Waals surface area contributed by atoms with Gasteiger partial charge in [-0.2, -0.15) is 0 Å². The Hall–Kier alpha value is -1.77. The summed E-state index contributed by atoms with van der Waals surface area (Å²) in [5.74, 6) is 0.793. The number of hydrogen-bond acceptors (Lipinski definition) is 2. The third-order valence-electron chi connectivity index (χ3n) is 3.21. The molecular weight excluding hydrogens is 258 g/mol. The van der Waals surface area contributed by atoms with Gasteiger partial charge < -0.3 is 10.2 Å². The standard InChI is InChI=1S/C16H14ClNO/c17-13-7-3-1-5-11(13)9-14(18)16-10-12-6-2-4-8-15(12)19-16/h1-8,10,14H,9,18H2. The Bertz CT molecular complexity index is 672. The molecule has 1 unspecified atom stereocenters. The number of halogens is 1. The van der Waals surface area contributed by atoms with E-state index >= 15 is 0 Å². The maximum atomic E-state index is 6.21. The van der Waals surface area contributed by atoms with E-state index < -0.39 is 0 Å². The summed E-state index contributed by atoms with van der Waals surface area (Å²) >= 11 is 6.15. The lowest BCUT2D eigenvalue weighted by Crippen LogP contribution is -2.12. The van der Waals surface area contributed by atoms with Crippen molar-refractivity contribution in [1.82, 2.24) is 0 Å². The number of hydrogen-bond donors (Lipinski definition) is 1. The highest BCUT2D eigenvalue weighted by Gasteiger charge is 2.13. The Labute approximate surface area is 116 Å². The van der Waals surface area contributed by atoms with Crippen LogP contribution in [0, 0.1) is 0 Å². The molecule has 3 rings (SSSR count). The van der Waals surface area contributed by atoms with Gasteiger partial charge >= 0.3 is 0 Å². The van der Waals surface area contributed by atoms with E-state index in [2.05, 4.69) is 0 Å². The first-order chi connectivity index (χ1) is 9.24. The molecule has 2 N–H and O–H groups in total. The van der Waals surface area contributed by atoms with Crippen molar-refractivity contribution in [3.63, 3.8) is 0 Å². The smallest absolute Gasteiger partial charge is 0.134 e. The van der Waals surface area contributed by atoms with Crippen LogP contribution in [0.5, 0.6) is 0 Å². The van der Waals surface area contributed by atoms with E-state index in [9.17, 15) is 0 Å². The van der Waals surface area contributed by atoms with E-state index in [-0.39, 0.29) is 6.04 Å². The molecule has 0 radical (unpaired) electrons. The van der Waals surface area contributed by atoms with Gasteiger partial charge in [0.15, 0.2) is 0 Å².